The number of carbonyl (C=O) groups is 1. The maximum Gasteiger partial charge on any atom is 0.254 e. The van der Waals surface area contributed by atoms with Crippen LogP contribution < -0.4 is 9.47 Å². The smallest absolute Gasteiger partial charge is 0.254 e. The van der Waals surface area contributed by atoms with Crippen LogP contribution >= 0.6 is 0 Å². The first kappa shape index (κ1) is 23.5. The van der Waals surface area contributed by atoms with E-state index in [2.05, 4.69) is 4.90 Å². The molecule has 1 saturated heterocycles. The van der Waals surface area contributed by atoms with E-state index in [1.54, 1.807) is 26.4 Å². The van der Waals surface area contributed by atoms with Crippen LogP contribution in [-0.4, -0.2) is 68.3 Å². The molecule has 33 heavy (non-hydrogen) atoms. The van der Waals surface area contributed by atoms with Gasteiger partial charge in [-0.3, -0.25) is 9.69 Å². The summed E-state index contributed by atoms with van der Waals surface area (Å²) in [4.78, 5) is 17.6. The summed E-state index contributed by atoms with van der Waals surface area (Å²) in [7, 11) is 3.30. The summed E-state index contributed by atoms with van der Waals surface area (Å²) < 4.78 is 30.3. The van der Waals surface area contributed by atoms with Crippen molar-refractivity contribution in [2.45, 2.75) is 44.4 Å². The van der Waals surface area contributed by atoms with Crippen molar-refractivity contribution in [2.75, 3.05) is 40.5 Å². The SMILES string of the molecule is COc1cc(CN2CCOC(CN(C(=O)c3ccc(F)cc3)C3CCCC3)C2)cc(OC)c1. The topological polar surface area (TPSA) is 51.2 Å². The van der Waals surface area contributed by atoms with Crippen molar-refractivity contribution in [3.05, 3.63) is 59.4 Å². The van der Waals surface area contributed by atoms with Crippen LogP contribution in [0.4, 0.5) is 4.39 Å². The largest absolute Gasteiger partial charge is 0.497 e. The van der Waals surface area contributed by atoms with Crippen LogP contribution in [0.3, 0.4) is 0 Å². The molecule has 2 aliphatic rings. The van der Waals surface area contributed by atoms with Gasteiger partial charge in [0.1, 0.15) is 17.3 Å². The molecule has 7 heteroatoms. The Morgan fingerprint density at radius 1 is 1.09 bits per heavy atom. The normalized spacial score (nSPS) is 19.4. The van der Waals surface area contributed by atoms with Gasteiger partial charge in [-0.15, -0.1) is 0 Å². The molecule has 0 aromatic heterocycles. The van der Waals surface area contributed by atoms with E-state index in [4.69, 9.17) is 14.2 Å². The fourth-order valence-corrected chi connectivity index (χ4v) is 4.84. The lowest BCUT2D eigenvalue weighted by molar-refractivity contribution is -0.0468. The Kier molecular flexibility index (Phi) is 7.83. The Morgan fingerprint density at radius 2 is 1.76 bits per heavy atom. The molecule has 178 valence electrons. The summed E-state index contributed by atoms with van der Waals surface area (Å²) in [5, 5.41) is 0. The average molecular weight is 457 g/mol. The lowest BCUT2D eigenvalue weighted by Crippen LogP contribution is -2.50. The molecule has 1 amide bonds. The number of hydrogen-bond acceptors (Lipinski definition) is 5. The first-order valence-corrected chi connectivity index (χ1v) is 11.7. The van der Waals surface area contributed by atoms with E-state index >= 15 is 0 Å². The van der Waals surface area contributed by atoms with Crippen LogP contribution in [0.5, 0.6) is 11.5 Å². The number of hydrogen-bond donors (Lipinski definition) is 0. The van der Waals surface area contributed by atoms with Crippen molar-refractivity contribution in [3.63, 3.8) is 0 Å². The summed E-state index contributed by atoms with van der Waals surface area (Å²) in [5.41, 5.74) is 1.64. The summed E-state index contributed by atoms with van der Waals surface area (Å²) in [6, 6.07) is 12.0. The van der Waals surface area contributed by atoms with Gasteiger partial charge in [0.15, 0.2) is 0 Å². The van der Waals surface area contributed by atoms with E-state index in [-0.39, 0.29) is 23.9 Å². The zero-order valence-electron chi connectivity index (χ0n) is 19.5. The summed E-state index contributed by atoms with van der Waals surface area (Å²) in [6.07, 6.45) is 4.21. The van der Waals surface area contributed by atoms with Crippen molar-refractivity contribution in [1.82, 2.24) is 9.80 Å². The minimum Gasteiger partial charge on any atom is -0.497 e. The zero-order valence-corrected chi connectivity index (χ0v) is 19.5. The Hall–Kier alpha value is -2.64. The van der Waals surface area contributed by atoms with Crippen LogP contribution in [0.15, 0.2) is 42.5 Å². The number of carbonyl (C=O) groups excluding carboxylic acids is 1. The van der Waals surface area contributed by atoms with Crippen LogP contribution in [0.1, 0.15) is 41.6 Å². The number of benzene rings is 2. The third-order valence-electron chi connectivity index (χ3n) is 6.56. The Balaban J connectivity index is 1.44. The molecular formula is C26H33FN2O4. The van der Waals surface area contributed by atoms with E-state index < -0.39 is 0 Å². The average Bonchev–Trinajstić information content (AvgIpc) is 3.37. The predicted octanol–water partition coefficient (Wildman–Crippen LogP) is 4.13. The van der Waals surface area contributed by atoms with Gasteiger partial charge in [0.2, 0.25) is 0 Å². The highest BCUT2D eigenvalue weighted by molar-refractivity contribution is 5.94. The molecule has 6 nitrogen and oxygen atoms in total. The first-order chi connectivity index (χ1) is 16.1. The zero-order chi connectivity index (χ0) is 23.2. The second-order valence-electron chi connectivity index (χ2n) is 8.85. The number of rotatable bonds is 8. The molecule has 1 aliphatic heterocycles. The molecule has 0 spiro atoms. The highest BCUT2D eigenvalue weighted by atomic mass is 19.1. The molecule has 1 atom stereocenters. The Bertz CT molecular complexity index is 908. The van der Waals surface area contributed by atoms with Gasteiger partial charge in [-0.2, -0.15) is 0 Å². The molecule has 1 saturated carbocycles. The number of methoxy groups -OCH3 is 2. The lowest BCUT2D eigenvalue weighted by atomic mass is 10.1. The minimum absolute atomic E-state index is 0.0415. The van der Waals surface area contributed by atoms with Crippen molar-refractivity contribution < 1.29 is 23.4 Å². The molecule has 2 aromatic carbocycles. The van der Waals surface area contributed by atoms with Crippen LogP contribution in [0.25, 0.3) is 0 Å². The predicted molar refractivity (Wildman–Crippen MR) is 124 cm³/mol. The molecule has 4 rings (SSSR count). The van der Waals surface area contributed by atoms with Gasteiger partial charge in [-0.1, -0.05) is 12.8 Å². The van der Waals surface area contributed by atoms with Gasteiger partial charge >= 0.3 is 0 Å². The molecule has 1 aliphatic carbocycles. The van der Waals surface area contributed by atoms with Crippen molar-refractivity contribution in [1.29, 1.82) is 0 Å². The van der Waals surface area contributed by atoms with Crippen LogP contribution in [0.2, 0.25) is 0 Å². The van der Waals surface area contributed by atoms with E-state index in [1.807, 2.05) is 23.1 Å². The molecule has 1 unspecified atom stereocenters. The standard InChI is InChI=1S/C26H33FN2O4/c1-31-23-13-19(14-24(15-23)32-2)16-28-11-12-33-25(17-28)18-29(22-5-3-4-6-22)26(30)20-7-9-21(27)10-8-20/h7-10,13-15,22,25H,3-6,11-12,16-18H2,1-2H3. The summed E-state index contributed by atoms with van der Waals surface area (Å²) >= 11 is 0. The number of morpholine rings is 1. The molecule has 2 fully saturated rings. The van der Waals surface area contributed by atoms with E-state index in [9.17, 15) is 9.18 Å². The molecule has 0 N–H and O–H groups in total. The Labute approximate surface area is 195 Å². The van der Waals surface area contributed by atoms with Crippen molar-refractivity contribution >= 4 is 5.91 Å². The van der Waals surface area contributed by atoms with Gasteiger partial charge in [0.25, 0.3) is 5.91 Å². The monoisotopic (exact) mass is 456 g/mol. The summed E-state index contributed by atoms with van der Waals surface area (Å²) in [5.74, 6) is 1.16. The second kappa shape index (κ2) is 11.0. The maximum absolute atomic E-state index is 13.4. The van der Waals surface area contributed by atoms with Gasteiger partial charge in [-0.05, 0) is 54.8 Å². The first-order valence-electron chi connectivity index (χ1n) is 11.7. The quantitative estimate of drug-likeness (QED) is 0.598. The molecular weight excluding hydrogens is 423 g/mol. The maximum atomic E-state index is 13.4. The highest BCUT2D eigenvalue weighted by Gasteiger charge is 2.31. The van der Waals surface area contributed by atoms with Crippen LogP contribution in [0, 0.1) is 5.82 Å². The number of amides is 1. The minimum atomic E-state index is -0.334. The van der Waals surface area contributed by atoms with Gasteiger partial charge in [0.05, 0.1) is 26.9 Å². The van der Waals surface area contributed by atoms with E-state index in [0.717, 1.165) is 62.4 Å². The molecule has 0 bridgehead atoms. The van der Waals surface area contributed by atoms with Crippen molar-refractivity contribution in [2.24, 2.45) is 0 Å². The van der Waals surface area contributed by atoms with Gasteiger partial charge in [0, 0.05) is 43.9 Å². The van der Waals surface area contributed by atoms with Crippen LogP contribution in [-0.2, 0) is 11.3 Å². The van der Waals surface area contributed by atoms with Gasteiger partial charge < -0.3 is 19.1 Å². The van der Waals surface area contributed by atoms with Gasteiger partial charge in [-0.25, -0.2) is 4.39 Å². The fourth-order valence-electron chi connectivity index (χ4n) is 4.84. The highest BCUT2D eigenvalue weighted by Crippen LogP contribution is 2.27. The second-order valence-corrected chi connectivity index (χ2v) is 8.85. The Morgan fingerprint density at radius 3 is 2.39 bits per heavy atom. The molecule has 0 radical (unpaired) electrons. The third-order valence-corrected chi connectivity index (χ3v) is 6.56. The van der Waals surface area contributed by atoms with E-state index in [0.29, 0.717) is 18.7 Å². The third kappa shape index (κ3) is 6.03. The number of nitrogens with zero attached hydrogens (tertiary/aromatic N) is 2. The van der Waals surface area contributed by atoms with Crippen molar-refractivity contribution in [3.8, 4) is 11.5 Å². The molecule has 2 aromatic rings. The fraction of sp³-hybridized carbons (Fsp3) is 0.500. The number of halogens is 1. The lowest BCUT2D eigenvalue weighted by Gasteiger charge is -2.38. The van der Waals surface area contributed by atoms with E-state index in [1.165, 1.54) is 12.1 Å². The summed E-state index contributed by atoms with van der Waals surface area (Å²) in [6.45, 7) is 3.47. The molecule has 1 heterocycles. The number of ether oxygens (including phenoxy) is 3.